The van der Waals surface area contributed by atoms with E-state index in [1.54, 1.807) is 15.9 Å². The molecule has 0 unspecified atom stereocenters. The maximum absolute atomic E-state index is 13.8. The summed E-state index contributed by atoms with van der Waals surface area (Å²) < 4.78 is 38.9. The van der Waals surface area contributed by atoms with Crippen LogP contribution in [0.15, 0.2) is 24.3 Å². The van der Waals surface area contributed by atoms with Gasteiger partial charge in [-0.1, -0.05) is 18.2 Å². The van der Waals surface area contributed by atoms with E-state index in [1.165, 1.54) is 25.1 Å². The fraction of sp³-hybridized carbons (Fsp3) is 0.529. The lowest BCUT2D eigenvalue weighted by atomic mass is 10.2. The van der Waals surface area contributed by atoms with Crippen molar-refractivity contribution < 1.29 is 22.4 Å². The molecule has 0 aromatic heterocycles. The number of nitrogens with zero attached hydrogens (tertiary/aromatic N) is 3. The van der Waals surface area contributed by atoms with Crippen LogP contribution in [0.3, 0.4) is 0 Å². The molecule has 0 spiro atoms. The van der Waals surface area contributed by atoms with Crippen molar-refractivity contribution >= 4 is 21.8 Å². The average Bonchev–Trinajstić information content (AvgIpc) is 2.58. The first-order valence-electron chi connectivity index (χ1n) is 8.40. The number of sulfonamides is 1. The second kappa shape index (κ2) is 8.59. The zero-order chi connectivity index (χ0) is 19.3. The Labute approximate surface area is 153 Å². The van der Waals surface area contributed by atoms with Crippen LogP contribution in [0.1, 0.15) is 18.9 Å². The molecule has 7 nitrogen and oxygen atoms in total. The van der Waals surface area contributed by atoms with Gasteiger partial charge in [0.1, 0.15) is 5.82 Å². The fourth-order valence-corrected chi connectivity index (χ4v) is 3.62. The van der Waals surface area contributed by atoms with E-state index >= 15 is 0 Å². The van der Waals surface area contributed by atoms with E-state index in [9.17, 15) is 22.4 Å². The number of halogens is 1. The van der Waals surface area contributed by atoms with Crippen molar-refractivity contribution in [3.05, 3.63) is 35.6 Å². The van der Waals surface area contributed by atoms with Gasteiger partial charge in [0.25, 0.3) is 0 Å². The first kappa shape index (κ1) is 20.3. The van der Waals surface area contributed by atoms with Gasteiger partial charge < -0.3 is 9.80 Å². The van der Waals surface area contributed by atoms with Crippen LogP contribution in [-0.2, 0) is 26.2 Å². The summed E-state index contributed by atoms with van der Waals surface area (Å²) in [7, 11) is -3.58. The molecule has 1 aliphatic heterocycles. The zero-order valence-corrected chi connectivity index (χ0v) is 15.8. The van der Waals surface area contributed by atoms with Crippen molar-refractivity contribution in [2.45, 2.75) is 19.9 Å². The minimum Gasteiger partial charge on any atom is -0.339 e. The third-order valence-corrected chi connectivity index (χ3v) is 5.68. The van der Waals surface area contributed by atoms with Gasteiger partial charge in [0.2, 0.25) is 21.8 Å². The largest absolute Gasteiger partial charge is 0.339 e. The van der Waals surface area contributed by atoms with Crippen molar-refractivity contribution in [3.63, 3.8) is 0 Å². The van der Waals surface area contributed by atoms with Gasteiger partial charge in [-0.25, -0.2) is 12.8 Å². The van der Waals surface area contributed by atoms with Gasteiger partial charge in [-0.05, 0) is 6.07 Å². The Kier molecular flexibility index (Phi) is 6.71. The highest BCUT2D eigenvalue weighted by Gasteiger charge is 2.24. The summed E-state index contributed by atoms with van der Waals surface area (Å²) in [6.07, 6.45) is 1.06. The maximum Gasteiger partial charge on any atom is 0.224 e. The SMILES string of the molecule is CC(=O)N1CCN(C(=O)CCN(Cc2ccccc2F)S(C)(=O)=O)CC1. The first-order chi connectivity index (χ1) is 12.2. The summed E-state index contributed by atoms with van der Waals surface area (Å²) in [5.41, 5.74) is 0.264. The van der Waals surface area contributed by atoms with Crippen LogP contribution in [-0.4, -0.2) is 73.3 Å². The second-order valence-electron chi connectivity index (χ2n) is 6.32. The molecule has 2 rings (SSSR count). The van der Waals surface area contributed by atoms with Crippen LogP contribution in [0.25, 0.3) is 0 Å². The molecule has 1 aromatic carbocycles. The summed E-state index contributed by atoms with van der Waals surface area (Å²) >= 11 is 0. The Balaban J connectivity index is 1.94. The monoisotopic (exact) mass is 385 g/mol. The zero-order valence-electron chi connectivity index (χ0n) is 15.0. The molecule has 26 heavy (non-hydrogen) atoms. The highest BCUT2D eigenvalue weighted by Crippen LogP contribution is 2.13. The molecule has 144 valence electrons. The van der Waals surface area contributed by atoms with E-state index in [4.69, 9.17) is 0 Å². The lowest BCUT2D eigenvalue weighted by Crippen LogP contribution is -2.50. The van der Waals surface area contributed by atoms with Gasteiger partial charge in [-0.15, -0.1) is 0 Å². The molecule has 0 atom stereocenters. The van der Waals surface area contributed by atoms with Crippen LogP contribution < -0.4 is 0 Å². The molecular weight excluding hydrogens is 361 g/mol. The van der Waals surface area contributed by atoms with Gasteiger partial charge >= 0.3 is 0 Å². The molecule has 1 fully saturated rings. The van der Waals surface area contributed by atoms with Gasteiger partial charge in [0, 0.05) is 58.2 Å². The highest BCUT2D eigenvalue weighted by atomic mass is 32.2. The Hall–Kier alpha value is -2.00. The fourth-order valence-electron chi connectivity index (χ4n) is 2.83. The number of rotatable bonds is 6. The molecule has 1 aliphatic rings. The topological polar surface area (TPSA) is 78.0 Å². The van der Waals surface area contributed by atoms with Crippen molar-refractivity contribution in [2.24, 2.45) is 0 Å². The van der Waals surface area contributed by atoms with Crippen LogP contribution in [0.2, 0.25) is 0 Å². The molecule has 0 aliphatic carbocycles. The normalized spacial score (nSPS) is 15.4. The Morgan fingerprint density at radius 1 is 1.12 bits per heavy atom. The predicted octanol–water partition coefficient (Wildman–Crippen LogP) is 0.668. The number of carbonyl (C=O) groups is 2. The third-order valence-electron chi connectivity index (χ3n) is 4.43. The molecular formula is C17H24FN3O4S. The van der Waals surface area contributed by atoms with E-state index in [2.05, 4.69) is 0 Å². The van der Waals surface area contributed by atoms with Gasteiger partial charge in [-0.2, -0.15) is 4.31 Å². The summed E-state index contributed by atoms with van der Waals surface area (Å²) in [5, 5.41) is 0. The van der Waals surface area contributed by atoms with E-state index in [-0.39, 0.29) is 36.9 Å². The van der Waals surface area contributed by atoms with Crippen molar-refractivity contribution in [2.75, 3.05) is 39.0 Å². The Morgan fingerprint density at radius 3 is 2.23 bits per heavy atom. The number of benzene rings is 1. The predicted molar refractivity (Wildman–Crippen MR) is 95.1 cm³/mol. The summed E-state index contributed by atoms with van der Waals surface area (Å²) in [6, 6.07) is 5.97. The van der Waals surface area contributed by atoms with Gasteiger partial charge in [-0.3, -0.25) is 9.59 Å². The molecule has 0 saturated carbocycles. The smallest absolute Gasteiger partial charge is 0.224 e. The van der Waals surface area contributed by atoms with Crippen LogP contribution in [0, 0.1) is 5.82 Å². The standard InChI is InChI=1S/C17H24FN3O4S/c1-14(22)19-9-11-20(12-10-19)17(23)7-8-21(26(2,24)25)13-15-5-3-4-6-16(15)18/h3-6H,7-13H2,1-2H3. The molecule has 2 amide bonds. The molecule has 1 aromatic rings. The molecule has 0 radical (unpaired) electrons. The first-order valence-corrected chi connectivity index (χ1v) is 10.2. The minimum absolute atomic E-state index is 0.0150. The Bertz CT molecular complexity index is 761. The maximum atomic E-state index is 13.8. The molecule has 9 heteroatoms. The number of hydrogen-bond donors (Lipinski definition) is 0. The minimum atomic E-state index is -3.58. The van der Waals surface area contributed by atoms with Crippen LogP contribution >= 0.6 is 0 Å². The number of hydrogen-bond acceptors (Lipinski definition) is 4. The Morgan fingerprint density at radius 2 is 1.69 bits per heavy atom. The number of piperazine rings is 1. The van der Waals surface area contributed by atoms with E-state index in [1.807, 2.05) is 0 Å². The van der Waals surface area contributed by atoms with Gasteiger partial charge in [0.05, 0.1) is 6.26 Å². The lowest BCUT2D eigenvalue weighted by Gasteiger charge is -2.34. The molecule has 1 heterocycles. The second-order valence-corrected chi connectivity index (χ2v) is 8.31. The van der Waals surface area contributed by atoms with E-state index < -0.39 is 15.8 Å². The van der Waals surface area contributed by atoms with E-state index in [0.29, 0.717) is 26.2 Å². The third kappa shape index (κ3) is 5.50. The average molecular weight is 385 g/mol. The van der Waals surface area contributed by atoms with Crippen LogP contribution in [0.4, 0.5) is 4.39 Å². The quantitative estimate of drug-likeness (QED) is 0.721. The molecule has 0 bridgehead atoms. The summed E-state index contributed by atoms with van der Waals surface area (Å²) in [5.74, 6) is -0.673. The molecule has 1 saturated heterocycles. The van der Waals surface area contributed by atoms with Crippen LogP contribution in [0.5, 0.6) is 0 Å². The summed E-state index contributed by atoms with van der Waals surface area (Å²) in [6.45, 7) is 3.19. The summed E-state index contributed by atoms with van der Waals surface area (Å²) in [4.78, 5) is 27.0. The van der Waals surface area contributed by atoms with Gasteiger partial charge in [0.15, 0.2) is 0 Å². The van der Waals surface area contributed by atoms with Crippen molar-refractivity contribution in [1.29, 1.82) is 0 Å². The lowest BCUT2D eigenvalue weighted by molar-refractivity contribution is -0.138. The highest BCUT2D eigenvalue weighted by molar-refractivity contribution is 7.88. The number of carbonyl (C=O) groups excluding carboxylic acids is 2. The molecule has 0 N–H and O–H groups in total. The van der Waals surface area contributed by atoms with E-state index in [0.717, 1.165) is 10.6 Å². The van der Waals surface area contributed by atoms with Crippen molar-refractivity contribution in [3.8, 4) is 0 Å². The van der Waals surface area contributed by atoms with Crippen molar-refractivity contribution in [1.82, 2.24) is 14.1 Å². The number of amides is 2.